The van der Waals surface area contributed by atoms with Gasteiger partial charge in [-0.2, -0.15) is 0 Å². The van der Waals surface area contributed by atoms with Gasteiger partial charge in [0, 0.05) is 26.0 Å². The van der Waals surface area contributed by atoms with Crippen LogP contribution in [0.5, 0.6) is 0 Å². The second kappa shape index (κ2) is 10.7. The zero-order valence-corrected chi connectivity index (χ0v) is 17.6. The lowest BCUT2D eigenvalue weighted by atomic mass is 9.98. The Balaban J connectivity index is 1.57. The van der Waals surface area contributed by atoms with Crippen molar-refractivity contribution in [3.05, 3.63) is 59.7 Å². The molecule has 2 aromatic rings. The number of benzene rings is 2. The van der Waals surface area contributed by atoms with Gasteiger partial charge < -0.3 is 30.3 Å². The molecule has 1 aliphatic rings. The van der Waals surface area contributed by atoms with Gasteiger partial charge in [0.05, 0.1) is 6.61 Å². The van der Waals surface area contributed by atoms with E-state index in [9.17, 15) is 19.5 Å². The maximum atomic E-state index is 12.4. The van der Waals surface area contributed by atoms with Crippen LogP contribution in [0, 0.1) is 0 Å². The number of methoxy groups -OCH3 is 1. The summed E-state index contributed by atoms with van der Waals surface area (Å²) in [5.74, 6) is -2.05. The molecular weight excluding hydrogens is 416 g/mol. The normalized spacial score (nSPS) is 14.1. The largest absolute Gasteiger partial charge is 0.479 e. The fraction of sp³-hybridized carbons (Fsp3) is 0.348. The number of hydrogen-bond donors (Lipinski definition) is 4. The molecule has 4 N–H and O–H groups in total. The Hall–Kier alpha value is -3.43. The third kappa shape index (κ3) is 5.43. The van der Waals surface area contributed by atoms with E-state index in [1.54, 1.807) is 0 Å². The monoisotopic (exact) mass is 442 g/mol. The summed E-state index contributed by atoms with van der Waals surface area (Å²) in [6.45, 7) is -0.0671. The van der Waals surface area contributed by atoms with Gasteiger partial charge in [0.15, 0.2) is 6.10 Å². The fourth-order valence-electron chi connectivity index (χ4n) is 3.71. The lowest BCUT2D eigenvalue weighted by molar-refractivity contribution is -0.147. The molecule has 0 saturated heterocycles. The van der Waals surface area contributed by atoms with E-state index in [0.717, 1.165) is 22.3 Å². The van der Waals surface area contributed by atoms with Crippen LogP contribution in [0.4, 0.5) is 4.79 Å². The number of carboxylic acids is 1. The zero-order valence-electron chi connectivity index (χ0n) is 17.6. The maximum Gasteiger partial charge on any atom is 0.407 e. The van der Waals surface area contributed by atoms with Gasteiger partial charge in [0.1, 0.15) is 12.6 Å². The molecule has 0 fully saturated rings. The number of amides is 2. The Morgan fingerprint density at radius 2 is 1.62 bits per heavy atom. The summed E-state index contributed by atoms with van der Waals surface area (Å²) in [7, 11) is 1.38. The summed E-state index contributed by atoms with van der Waals surface area (Å²) in [4.78, 5) is 35.4. The van der Waals surface area contributed by atoms with Gasteiger partial charge in [-0.1, -0.05) is 48.5 Å². The standard InChI is InChI=1S/C23H26N2O7/c1-31-13-19(21(27)24-11-10-20(26)22(28)29)25-23(30)32-12-18-16-8-4-2-6-14(16)15-7-3-5-9-17(15)18/h2-9,18-20,26H,10-13H2,1H3,(H,24,27)(H,25,30)(H,28,29). The van der Waals surface area contributed by atoms with E-state index in [4.69, 9.17) is 14.6 Å². The van der Waals surface area contributed by atoms with Crippen LogP contribution in [-0.4, -0.2) is 67.2 Å². The SMILES string of the molecule is COCC(NC(=O)OCC1c2ccccc2-c2ccccc21)C(=O)NCCC(O)C(=O)O. The number of carbonyl (C=O) groups is 3. The van der Waals surface area contributed by atoms with E-state index in [2.05, 4.69) is 10.6 Å². The first-order valence-corrected chi connectivity index (χ1v) is 10.2. The van der Waals surface area contributed by atoms with Gasteiger partial charge in [0.2, 0.25) is 5.91 Å². The number of ether oxygens (including phenoxy) is 2. The summed E-state index contributed by atoms with van der Waals surface area (Å²) in [6, 6.07) is 14.9. The number of rotatable bonds is 10. The van der Waals surface area contributed by atoms with Crippen LogP contribution in [0.2, 0.25) is 0 Å². The molecular formula is C23H26N2O7. The summed E-state index contributed by atoms with van der Waals surface area (Å²) in [6.07, 6.45) is -2.51. The third-order valence-electron chi connectivity index (χ3n) is 5.29. The van der Waals surface area contributed by atoms with Crippen LogP contribution < -0.4 is 10.6 Å². The number of aliphatic carboxylic acids is 1. The molecule has 2 unspecified atom stereocenters. The lowest BCUT2D eigenvalue weighted by Gasteiger charge is -2.19. The maximum absolute atomic E-state index is 12.4. The van der Waals surface area contributed by atoms with E-state index in [1.807, 2.05) is 48.5 Å². The van der Waals surface area contributed by atoms with Gasteiger partial charge in [-0.15, -0.1) is 0 Å². The topological polar surface area (TPSA) is 134 Å². The molecule has 9 heteroatoms. The van der Waals surface area contributed by atoms with E-state index >= 15 is 0 Å². The Bertz CT molecular complexity index is 933. The Morgan fingerprint density at radius 3 is 2.19 bits per heavy atom. The first-order chi connectivity index (χ1) is 15.4. The highest BCUT2D eigenvalue weighted by Gasteiger charge is 2.29. The van der Waals surface area contributed by atoms with E-state index in [-0.39, 0.29) is 32.1 Å². The molecule has 0 saturated carbocycles. The number of aliphatic hydroxyl groups is 1. The molecule has 2 amide bonds. The molecule has 2 atom stereocenters. The Kier molecular flexibility index (Phi) is 7.80. The summed E-state index contributed by atoms with van der Waals surface area (Å²) < 4.78 is 10.4. The van der Waals surface area contributed by atoms with Crippen LogP contribution in [0.15, 0.2) is 48.5 Å². The highest BCUT2D eigenvalue weighted by atomic mass is 16.5. The number of aliphatic hydroxyl groups excluding tert-OH is 1. The van der Waals surface area contributed by atoms with Crippen molar-refractivity contribution in [2.75, 3.05) is 26.9 Å². The van der Waals surface area contributed by atoms with Crippen LogP contribution >= 0.6 is 0 Å². The average molecular weight is 442 g/mol. The van der Waals surface area contributed by atoms with E-state index in [0.29, 0.717) is 0 Å². The molecule has 0 aromatic heterocycles. The minimum absolute atomic E-state index is 0.0706. The predicted molar refractivity (Wildman–Crippen MR) is 115 cm³/mol. The number of nitrogens with one attached hydrogen (secondary N) is 2. The van der Waals surface area contributed by atoms with Gasteiger partial charge >= 0.3 is 12.1 Å². The minimum Gasteiger partial charge on any atom is -0.479 e. The molecule has 0 bridgehead atoms. The molecule has 170 valence electrons. The number of carboxylic acid groups (broad SMARTS) is 1. The van der Waals surface area contributed by atoms with Crippen molar-refractivity contribution < 1.29 is 34.1 Å². The molecule has 1 aliphatic carbocycles. The highest BCUT2D eigenvalue weighted by molar-refractivity contribution is 5.86. The van der Waals surface area contributed by atoms with Crippen molar-refractivity contribution in [1.82, 2.24) is 10.6 Å². The van der Waals surface area contributed by atoms with E-state index < -0.39 is 30.1 Å². The quantitative estimate of drug-likeness (QED) is 0.438. The summed E-state index contributed by atoms with van der Waals surface area (Å²) in [5.41, 5.74) is 4.36. The van der Waals surface area contributed by atoms with Crippen molar-refractivity contribution in [3.8, 4) is 11.1 Å². The molecule has 3 rings (SSSR count). The first-order valence-electron chi connectivity index (χ1n) is 10.2. The highest BCUT2D eigenvalue weighted by Crippen LogP contribution is 2.44. The van der Waals surface area contributed by atoms with Crippen molar-refractivity contribution in [1.29, 1.82) is 0 Å². The number of alkyl carbamates (subject to hydrolysis) is 1. The molecule has 0 aliphatic heterocycles. The molecule has 0 spiro atoms. The van der Waals surface area contributed by atoms with E-state index in [1.165, 1.54) is 7.11 Å². The van der Waals surface area contributed by atoms with Gasteiger partial charge in [-0.05, 0) is 22.3 Å². The average Bonchev–Trinajstić information content (AvgIpc) is 3.11. The van der Waals surface area contributed by atoms with Gasteiger partial charge in [-0.3, -0.25) is 4.79 Å². The van der Waals surface area contributed by atoms with Crippen LogP contribution in [0.1, 0.15) is 23.5 Å². The van der Waals surface area contributed by atoms with Crippen LogP contribution in [-0.2, 0) is 19.1 Å². The van der Waals surface area contributed by atoms with Gasteiger partial charge in [-0.25, -0.2) is 9.59 Å². The molecule has 0 heterocycles. The van der Waals surface area contributed by atoms with Crippen molar-refractivity contribution in [3.63, 3.8) is 0 Å². The number of hydrogen-bond acceptors (Lipinski definition) is 6. The summed E-state index contributed by atoms with van der Waals surface area (Å²) >= 11 is 0. The second-order valence-electron chi connectivity index (χ2n) is 7.41. The van der Waals surface area contributed by atoms with Gasteiger partial charge in [0.25, 0.3) is 0 Å². The third-order valence-corrected chi connectivity index (χ3v) is 5.29. The Morgan fingerprint density at radius 1 is 1.03 bits per heavy atom. The van der Waals surface area contributed by atoms with Crippen molar-refractivity contribution in [2.24, 2.45) is 0 Å². The molecule has 32 heavy (non-hydrogen) atoms. The van der Waals surface area contributed by atoms with Crippen molar-refractivity contribution in [2.45, 2.75) is 24.5 Å². The van der Waals surface area contributed by atoms with Crippen LogP contribution in [0.25, 0.3) is 11.1 Å². The lowest BCUT2D eigenvalue weighted by Crippen LogP contribution is -2.50. The minimum atomic E-state index is -1.58. The molecule has 2 aromatic carbocycles. The summed E-state index contributed by atoms with van der Waals surface area (Å²) in [5, 5.41) is 22.9. The van der Waals surface area contributed by atoms with Crippen LogP contribution in [0.3, 0.4) is 0 Å². The fourth-order valence-corrected chi connectivity index (χ4v) is 3.71. The number of carbonyl (C=O) groups excluding carboxylic acids is 2. The smallest absolute Gasteiger partial charge is 0.407 e. The van der Waals surface area contributed by atoms with Crippen molar-refractivity contribution >= 4 is 18.0 Å². The Labute approximate surface area is 185 Å². The molecule has 0 radical (unpaired) electrons. The molecule has 9 nitrogen and oxygen atoms in total. The first kappa shape index (κ1) is 23.2. The second-order valence-corrected chi connectivity index (χ2v) is 7.41. The zero-order chi connectivity index (χ0) is 23.1. The number of fused-ring (bicyclic) bond motifs is 3. The predicted octanol–water partition coefficient (Wildman–Crippen LogP) is 1.49.